The van der Waals surface area contributed by atoms with Crippen LogP contribution in [0.2, 0.25) is 0 Å². The zero-order valence-corrected chi connectivity index (χ0v) is 17.2. The van der Waals surface area contributed by atoms with Crippen molar-refractivity contribution in [3.05, 3.63) is 12.2 Å². The summed E-state index contributed by atoms with van der Waals surface area (Å²) in [5.74, 6) is 0. The SMILES string of the molecule is CCCCCC/C=C/CCCCCCCCO[C@@H]1[C@H]([C@H](O)CO)OC[C@@H]1O. The van der Waals surface area contributed by atoms with E-state index < -0.39 is 24.4 Å². The minimum atomic E-state index is -1.00. The predicted molar refractivity (Wildman–Crippen MR) is 109 cm³/mol. The molecule has 1 rings (SSSR count). The molecule has 160 valence electrons. The Kier molecular flexibility index (Phi) is 15.0. The first-order chi connectivity index (χ1) is 13.2. The molecular formula is C22H42O5. The van der Waals surface area contributed by atoms with Crippen molar-refractivity contribution in [1.82, 2.24) is 0 Å². The van der Waals surface area contributed by atoms with Crippen LogP contribution in [-0.2, 0) is 9.47 Å². The highest BCUT2D eigenvalue weighted by molar-refractivity contribution is 4.89. The third-order valence-electron chi connectivity index (χ3n) is 5.20. The van der Waals surface area contributed by atoms with Crippen molar-refractivity contribution >= 4 is 0 Å². The molecule has 0 bridgehead atoms. The van der Waals surface area contributed by atoms with Crippen molar-refractivity contribution in [3.63, 3.8) is 0 Å². The Hall–Kier alpha value is -0.460. The van der Waals surface area contributed by atoms with Gasteiger partial charge in [-0.2, -0.15) is 0 Å². The number of aliphatic hydroxyl groups is 3. The number of hydrogen-bond donors (Lipinski definition) is 3. The maximum atomic E-state index is 9.87. The second-order valence-electron chi connectivity index (χ2n) is 7.68. The van der Waals surface area contributed by atoms with Crippen LogP contribution in [0.3, 0.4) is 0 Å². The summed E-state index contributed by atoms with van der Waals surface area (Å²) in [6, 6.07) is 0. The van der Waals surface area contributed by atoms with E-state index in [1.54, 1.807) is 0 Å². The predicted octanol–water partition coefficient (Wildman–Crippen LogP) is 3.74. The summed E-state index contributed by atoms with van der Waals surface area (Å²) in [5, 5.41) is 28.6. The molecule has 5 heteroatoms. The minimum Gasteiger partial charge on any atom is -0.394 e. The van der Waals surface area contributed by atoms with Crippen molar-refractivity contribution < 1.29 is 24.8 Å². The normalized spacial score (nSPS) is 24.1. The maximum Gasteiger partial charge on any atom is 0.114 e. The Morgan fingerprint density at radius 2 is 1.56 bits per heavy atom. The number of rotatable bonds is 17. The van der Waals surface area contributed by atoms with Gasteiger partial charge in [0, 0.05) is 6.61 Å². The molecule has 0 amide bonds. The Morgan fingerprint density at radius 3 is 2.19 bits per heavy atom. The van der Waals surface area contributed by atoms with E-state index in [0.717, 1.165) is 12.8 Å². The first-order valence-electron chi connectivity index (χ1n) is 11.1. The molecule has 0 saturated carbocycles. The lowest BCUT2D eigenvalue weighted by molar-refractivity contribution is -0.0938. The fourth-order valence-electron chi connectivity index (χ4n) is 3.47. The molecule has 0 unspecified atom stereocenters. The van der Waals surface area contributed by atoms with Gasteiger partial charge in [-0.3, -0.25) is 0 Å². The van der Waals surface area contributed by atoms with Gasteiger partial charge in [-0.05, 0) is 32.1 Å². The summed E-state index contributed by atoms with van der Waals surface area (Å²) in [4.78, 5) is 0. The highest BCUT2D eigenvalue weighted by Crippen LogP contribution is 2.21. The molecule has 3 N–H and O–H groups in total. The highest BCUT2D eigenvalue weighted by Gasteiger charge is 2.40. The molecule has 0 aliphatic carbocycles. The molecule has 0 aromatic rings. The molecule has 5 nitrogen and oxygen atoms in total. The monoisotopic (exact) mass is 386 g/mol. The second kappa shape index (κ2) is 16.5. The zero-order valence-electron chi connectivity index (χ0n) is 17.2. The molecular weight excluding hydrogens is 344 g/mol. The summed E-state index contributed by atoms with van der Waals surface area (Å²) in [7, 11) is 0. The molecule has 1 aliphatic heterocycles. The number of allylic oxidation sites excluding steroid dienone is 2. The van der Waals surface area contributed by atoms with E-state index in [1.165, 1.54) is 64.2 Å². The van der Waals surface area contributed by atoms with Crippen LogP contribution < -0.4 is 0 Å². The van der Waals surface area contributed by atoms with Gasteiger partial charge in [-0.1, -0.05) is 64.0 Å². The average Bonchev–Trinajstić information content (AvgIpc) is 3.04. The van der Waals surface area contributed by atoms with Gasteiger partial charge >= 0.3 is 0 Å². The zero-order chi connectivity index (χ0) is 19.7. The Morgan fingerprint density at radius 1 is 0.963 bits per heavy atom. The summed E-state index contributed by atoms with van der Waals surface area (Å²) in [6.07, 6.45) is 16.6. The van der Waals surface area contributed by atoms with Crippen molar-refractivity contribution in [2.75, 3.05) is 19.8 Å². The van der Waals surface area contributed by atoms with Crippen molar-refractivity contribution in [3.8, 4) is 0 Å². The maximum absolute atomic E-state index is 9.87. The molecule has 0 radical (unpaired) electrons. The first-order valence-corrected chi connectivity index (χ1v) is 11.1. The van der Waals surface area contributed by atoms with Gasteiger partial charge in [-0.25, -0.2) is 0 Å². The number of ether oxygens (including phenoxy) is 2. The van der Waals surface area contributed by atoms with Crippen LogP contribution in [0.5, 0.6) is 0 Å². The number of aliphatic hydroxyl groups excluding tert-OH is 3. The molecule has 0 spiro atoms. The quantitative estimate of drug-likeness (QED) is 0.262. The Labute approximate surface area is 165 Å². The molecule has 1 aliphatic rings. The lowest BCUT2D eigenvalue weighted by atomic mass is 10.1. The van der Waals surface area contributed by atoms with Crippen LogP contribution in [0.1, 0.15) is 84.0 Å². The topological polar surface area (TPSA) is 79.2 Å². The third-order valence-corrected chi connectivity index (χ3v) is 5.20. The summed E-state index contributed by atoms with van der Waals surface area (Å²) < 4.78 is 11.0. The highest BCUT2D eigenvalue weighted by atomic mass is 16.6. The molecule has 0 aromatic heterocycles. The summed E-state index contributed by atoms with van der Waals surface area (Å²) >= 11 is 0. The van der Waals surface area contributed by atoms with Gasteiger partial charge < -0.3 is 24.8 Å². The summed E-state index contributed by atoms with van der Waals surface area (Å²) in [6.45, 7) is 2.57. The molecule has 1 heterocycles. The van der Waals surface area contributed by atoms with Crippen molar-refractivity contribution in [2.24, 2.45) is 0 Å². The van der Waals surface area contributed by atoms with E-state index in [0.29, 0.717) is 6.61 Å². The van der Waals surface area contributed by atoms with Crippen LogP contribution in [0.4, 0.5) is 0 Å². The van der Waals surface area contributed by atoms with Gasteiger partial charge in [0.1, 0.15) is 24.4 Å². The van der Waals surface area contributed by atoms with Gasteiger partial charge in [0.05, 0.1) is 13.2 Å². The van der Waals surface area contributed by atoms with E-state index in [9.17, 15) is 10.2 Å². The van der Waals surface area contributed by atoms with E-state index in [2.05, 4.69) is 19.1 Å². The van der Waals surface area contributed by atoms with E-state index in [-0.39, 0.29) is 13.2 Å². The number of unbranched alkanes of at least 4 members (excludes halogenated alkanes) is 10. The second-order valence-corrected chi connectivity index (χ2v) is 7.68. The van der Waals surface area contributed by atoms with Gasteiger partial charge in [-0.15, -0.1) is 0 Å². The molecule has 1 fully saturated rings. The van der Waals surface area contributed by atoms with Crippen LogP contribution >= 0.6 is 0 Å². The average molecular weight is 387 g/mol. The van der Waals surface area contributed by atoms with Gasteiger partial charge in [0.15, 0.2) is 0 Å². The van der Waals surface area contributed by atoms with Gasteiger partial charge in [0.2, 0.25) is 0 Å². The first kappa shape index (κ1) is 24.6. The lowest BCUT2D eigenvalue weighted by Crippen LogP contribution is -2.42. The Bertz CT molecular complexity index is 361. The molecule has 1 saturated heterocycles. The van der Waals surface area contributed by atoms with E-state index in [4.69, 9.17) is 14.6 Å². The minimum absolute atomic E-state index is 0.152. The molecule has 4 atom stereocenters. The van der Waals surface area contributed by atoms with Crippen molar-refractivity contribution in [1.29, 1.82) is 0 Å². The van der Waals surface area contributed by atoms with E-state index >= 15 is 0 Å². The van der Waals surface area contributed by atoms with E-state index in [1.807, 2.05) is 0 Å². The van der Waals surface area contributed by atoms with Crippen LogP contribution in [0.25, 0.3) is 0 Å². The molecule has 0 aromatic carbocycles. The lowest BCUT2D eigenvalue weighted by Gasteiger charge is -2.23. The van der Waals surface area contributed by atoms with Crippen LogP contribution in [0.15, 0.2) is 12.2 Å². The van der Waals surface area contributed by atoms with Gasteiger partial charge in [0.25, 0.3) is 0 Å². The Balaban J connectivity index is 1.91. The third kappa shape index (κ3) is 11.2. The number of hydrogen-bond acceptors (Lipinski definition) is 5. The smallest absolute Gasteiger partial charge is 0.114 e. The van der Waals surface area contributed by atoms with Crippen molar-refractivity contribution in [2.45, 2.75) is 108 Å². The fraction of sp³-hybridized carbons (Fsp3) is 0.909. The largest absolute Gasteiger partial charge is 0.394 e. The van der Waals surface area contributed by atoms with Crippen LogP contribution in [0, 0.1) is 0 Å². The fourth-order valence-corrected chi connectivity index (χ4v) is 3.47. The summed E-state index contributed by atoms with van der Waals surface area (Å²) in [5.41, 5.74) is 0. The molecule has 27 heavy (non-hydrogen) atoms. The standard InChI is InChI=1S/C22H42O5/c1-2-3-4-5-6-7-8-9-10-11-12-13-14-15-16-26-22-20(25)18-27-21(22)19(24)17-23/h7-8,19-25H,2-6,9-18H2,1H3/b8-7+/t19-,20+,21+,22+/m1/s1. The van der Waals surface area contributed by atoms with Crippen LogP contribution in [-0.4, -0.2) is 59.6 Å².